The Kier molecular flexibility index (Phi) is 8.52. The van der Waals surface area contributed by atoms with Crippen molar-refractivity contribution in [2.75, 3.05) is 21.3 Å². The lowest BCUT2D eigenvalue weighted by molar-refractivity contribution is -0.247. The lowest BCUT2D eigenvalue weighted by atomic mass is 9.72. The molecular formula is C29H34ClNO10. The molecule has 1 aliphatic heterocycles. The van der Waals surface area contributed by atoms with Crippen LogP contribution in [-0.2, 0) is 20.7 Å². The molecule has 2 aromatic carbocycles. The first-order valence-corrected chi connectivity index (χ1v) is 13.0. The summed E-state index contributed by atoms with van der Waals surface area (Å²) in [5.41, 5.74) is 5.10. The predicted octanol–water partition coefficient (Wildman–Crippen LogP) is 2.06. The Hall–Kier alpha value is -3.06. The maximum atomic E-state index is 14.0. The number of nitrogens with two attached hydrogens (primary N) is 1. The highest BCUT2D eigenvalue weighted by atomic mass is 35.5. The number of carbonyl (C=O) groups is 3. The molecule has 0 aromatic heterocycles. The van der Waals surface area contributed by atoms with Crippen LogP contribution in [0.25, 0.3) is 0 Å². The first-order valence-electron chi connectivity index (χ1n) is 13.0. The van der Waals surface area contributed by atoms with Gasteiger partial charge in [-0.1, -0.05) is 12.1 Å². The summed E-state index contributed by atoms with van der Waals surface area (Å²) in [6.45, 7) is 2.93. The molecule has 2 aromatic rings. The number of aliphatic hydroxyl groups excluding tert-OH is 1. The number of rotatable bonds is 6. The molecule has 222 valence electrons. The quantitative estimate of drug-likeness (QED) is 0.384. The van der Waals surface area contributed by atoms with Gasteiger partial charge in [-0.25, -0.2) is 0 Å². The lowest BCUT2D eigenvalue weighted by Crippen LogP contribution is -2.52. The number of hydrogen-bond acceptors (Lipinski definition) is 11. The standard InChI is InChI=1S/C29H33NO10.ClH/c1-12-24(32)16(30)9-19(39-12)40-18-11-29(35,13(2)31)10-15-21(18)28(38-5)23-22(27(15)37-4)25(33)14-7-6-8-17(36-3)20(14)26(23)34;/h6-8,12,16,18-19,24,32,35H,9-11,30H2,1-5H3;1H/t12?,16?,18-,19?,24?,29-;/m0./s1. The van der Waals surface area contributed by atoms with Gasteiger partial charge in [0.1, 0.15) is 22.8 Å². The molecule has 0 bridgehead atoms. The van der Waals surface area contributed by atoms with Gasteiger partial charge >= 0.3 is 0 Å². The van der Waals surface area contributed by atoms with E-state index in [1.807, 2.05) is 0 Å². The third-order valence-electron chi connectivity index (χ3n) is 8.16. The largest absolute Gasteiger partial charge is 0.496 e. The molecule has 0 amide bonds. The van der Waals surface area contributed by atoms with Gasteiger partial charge in [0.25, 0.3) is 0 Å². The van der Waals surface area contributed by atoms with Gasteiger partial charge in [-0.05, 0) is 19.9 Å². The van der Waals surface area contributed by atoms with Gasteiger partial charge in [0.15, 0.2) is 17.9 Å². The molecular weight excluding hydrogens is 558 g/mol. The SMILES string of the molecule is COc1cccc2c1C(=O)c1c(OC)c3c(c(OC)c1C2=O)C[C@@](O)(C(C)=O)C[C@@H]3OC1CC(N)C(O)C(C)O1.Cl. The molecule has 3 aliphatic rings. The van der Waals surface area contributed by atoms with E-state index in [0.29, 0.717) is 11.1 Å². The molecule has 2 aliphatic carbocycles. The molecule has 11 nitrogen and oxygen atoms in total. The molecule has 41 heavy (non-hydrogen) atoms. The van der Waals surface area contributed by atoms with Crippen LogP contribution in [0.15, 0.2) is 18.2 Å². The second-order valence-corrected chi connectivity index (χ2v) is 10.5. The maximum absolute atomic E-state index is 14.0. The number of Topliss-reactive ketones (excluding diaryl/α,β-unsaturated/α-hetero) is 1. The van der Waals surface area contributed by atoms with Crippen molar-refractivity contribution in [3.63, 3.8) is 0 Å². The summed E-state index contributed by atoms with van der Waals surface area (Å²) in [4.78, 5) is 40.6. The third kappa shape index (κ3) is 4.80. The van der Waals surface area contributed by atoms with Gasteiger partial charge in [-0.3, -0.25) is 14.4 Å². The Morgan fingerprint density at radius 1 is 1.05 bits per heavy atom. The summed E-state index contributed by atoms with van der Waals surface area (Å²) in [7, 11) is 4.13. The van der Waals surface area contributed by atoms with Crippen LogP contribution < -0.4 is 19.9 Å². The number of hydrogen-bond donors (Lipinski definition) is 3. The number of ether oxygens (including phenoxy) is 5. The normalized spacial score (nSPS) is 28.5. The van der Waals surface area contributed by atoms with Crippen molar-refractivity contribution < 1.29 is 48.3 Å². The van der Waals surface area contributed by atoms with Crippen LogP contribution in [0.2, 0.25) is 0 Å². The molecule has 6 atom stereocenters. The van der Waals surface area contributed by atoms with E-state index in [0.717, 1.165) is 0 Å². The lowest BCUT2D eigenvalue weighted by Gasteiger charge is -2.42. The van der Waals surface area contributed by atoms with E-state index in [1.54, 1.807) is 19.1 Å². The Morgan fingerprint density at radius 2 is 1.71 bits per heavy atom. The topological polar surface area (TPSA) is 164 Å². The molecule has 4 N–H and O–H groups in total. The van der Waals surface area contributed by atoms with Gasteiger partial charge in [-0.15, -0.1) is 12.4 Å². The first-order chi connectivity index (χ1) is 19.0. The molecule has 1 fully saturated rings. The van der Waals surface area contributed by atoms with E-state index < -0.39 is 53.6 Å². The molecule has 0 saturated carbocycles. The van der Waals surface area contributed by atoms with Crippen molar-refractivity contribution in [1.29, 1.82) is 0 Å². The summed E-state index contributed by atoms with van der Waals surface area (Å²) in [5.74, 6) is -1.14. The predicted molar refractivity (Wildman–Crippen MR) is 147 cm³/mol. The summed E-state index contributed by atoms with van der Waals surface area (Å²) >= 11 is 0. The second-order valence-electron chi connectivity index (χ2n) is 10.5. The number of aliphatic hydroxyl groups is 2. The fourth-order valence-corrected chi connectivity index (χ4v) is 6.06. The number of carbonyl (C=O) groups excluding carboxylic acids is 3. The molecule has 5 rings (SSSR count). The van der Waals surface area contributed by atoms with Crippen molar-refractivity contribution in [2.45, 2.75) is 69.4 Å². The molecule has 0 radical (unpaired) electrons. The minimum atomic E-state index is -1.87. The summed E-state index contributed by atoms with van der Waals surface area (Å²) in [6.07, 6.45) is -3.68. The van der Waals surface area contributed by atoms with E-state index in [9.17, 15) is 24.6 Å². The summed E-state index contributed by atoms with van der Waals surface area (Å²) in [6, 6.07) is 4.10. The smallest absolute Gasteiger partial charge is 0.202 e. The molecule has 1 saturated heterocycles. The highest BCUT2D eigenvalue weighted by Gasteiger charge is 2.50. The van der Waals surface area contributed by atoms with Crippen LogP contribution in [0, 0.1) is 0 Å². The Balaban J connectivity index is 0.00000387. The van der Waals surface area contributed by atoms with Gasteiger partial charge < -0.3 is 39.6 Å². The van der Waals surface area contributed by atoms with Gasteiger partial charge in [0.2, 0.25) is 5.78 Å². The van der Waals surface area contributed by atoms with Gasteiger partial charge in [-0.2, -0.15) is 0 Å². The molecule has 1 heterocycles. The van der Waals surface area contributed by atoms with E-state index in [2.05, 4.69) is 0 Å². The monoisotopic (exact) mass is 591 g/mol. The minimum absolute atomic E-state index is 0. The van der Waals surface area contributed by atoms with Gasteiger partial charge in [0.05, 0.1) is 56.3 Å². The number of fused-ring (bicyclic) bond motifs is 3. The zero-order valence-corrected chi connectivity index (χ0v) is 24.2. The van der Waals surface area contributed by atoms with Crippen molar-refractivity contribution in [3.8, 4) is 17.2 Å². The van der Waals surface area contributed by atoms with E-state index in [4.69, 9.17) is 29.4 Å². The third-order valence-corrected chi connectivity index (χ3v) is 8.16. The molecule has 4 unspecified atom stereocenters. The molecule has 0 spiro atoms. The van der Waals surface area contributed by atoms with Crippen LogP contribution in [0.4, 0.5) is 0 Å². The average Bonchev–Trinajstić information content (AvgIpc) is 2.92. The minimum Gasteiger partial charge on any atom is -0.496 e. The van der Waals surface area contributed by atoms with Crippen molar-refractivity contribution in [3.05, 3.63) is 51.6 Å². The van der Waals surface area contributed by atoms with Crippen LogP contribution in [0.1, 0.15) is 75.8 Å². The van der Waals surface area contributed by atoms with Crippen molar-refractivity contribution in [1.82, 2.24) is 0 Å². The van der Waals surface area contributed by atoms with Crippen LogP contribution in [-0.4, -0.2) is 79.0 Å². The Bertz CT molecular complexity index is 1400. The fourth-order valence-electron chi connectivity index (χ4n) is 6.06. The summed E-state index contributed by atoms with van der Waals surface area (Å²) in [5, 5.41) is 21.7. The Morgan fingerprint density at radius 3 is 2.29 bits per heavy atom. The first kappa shape index (κ1) is 30.9. The van der Waals surface area contributed by atoms with Crippen LogP contribution in [0.3, 0.4) is 0 Å². The zero-order valence-electron chi connectivity index (χ0n) is 23.4. The number of ketones is 3. The number of methoxy groups -OCH3 is 3. The van der Waals surface area contributed by atoms with Crippen molar-refractivity contribution >= 4 is 29.8 Å². The summed E-state index contributed by atoms with van der Waals surface area (Å²) < 4.78 is 29.1. The average molecular weight is 592 g/mol. The molecule has 12 heteroatoms. The number of halogens is 1. The van der Waals surface area contributed by atoms with Crippen LogP contribution in [0.5, 0.6) is 17.2 Å². The van der Waals surface area contributed by atoms with E-state index in [-0.39, 0.29) is 71.2 Å². The Labute approximate surface area is 243 Å². The van der Waals surface area contributed by atoms with E-state index in [1.165, 1.54) is 34.3 Å². The van der Waals surface area contributed by atoms with Gasteiger partial charge in [0, 0.05) is 42.0 Å². The van der Waals surface area contributed by atoms with E-state index >= 15 is 0 Å². The highest BCUT2D eigenvalue weighted by molar-refractivity contribution is 6.31. The highest BCUT2D eigenvalue weighted by Crippen LogP contribution is 2.53. The zero-order chi connectivity index (χ0) is 29.1. The second kappa shape index (κ2) is 11.3. The maximum Gasteiger partial charge on any atom is 0.202 e. The van der Waals surface area contributed by atoms with Crippen LogP contribution >= 0.6 is 12.4 Å². The number of benzene rings is 2. The fraction of sp³-hybridized carbons (Fsp3) is 0.483. The van der Waals surface area contributed by atoms with Crippen molar-refractivity contribution in [2.24, 2.45) is 5.73 Å².